The number of esters is 1. The fourth-order valence-corrected chi connectivity index (χ4v) is 3.26. The van der Waals surface area contributed by atoms with E-state index in [0.717, 1.165) is 16.7 Å². The molecule has 0 aromatic heterocycles. The molecule has 2 aromatic carbocycles. The van der Waals surface area contributed by atoms with Crippen LogP contribution in [0.25, 0.3) is 0 Å². The first-order valence-electron chi connectivity index (χ1n) is 7.34. The highest BCUT2D eigenvalue weighted by Gasteiger charge is 2.36. The molecule has 0 radical (unpaired) electrons. The lowest BCUT2D eigenvalue weighted by Gasteiger charge is -2.37. The number of rotatable bonds is 1. The van der Waals surface area contributed by atoms with Gasteiger partial charge in [-0.05, 0) is 29.2 Å². The number of benzene rings is 2. The van der Waals surface area contributed by atoms with Gasteiger partial charge in [0, 0.05) is 11.6 Å². The van der Waals surface area contributed by atoms with Crippen LogP contribution in [0.4, 0.5) is 0 Å². The van der Waals surface area contributed by atoms with Crippen molar-refractivity contribution in [3.05, 3.63) is 70.2 Å². The fourth-order valence-electron chi connectivity index (χ4n) is 3.02. The van der Waals surface area contributed by atoms with Gasteiger partial charge in [-0.15, -0.1) is 0 Å². The zero-order valence-electron chi connectivity index (χ0n) is 12.7. The second-order valence-electron chi connectivity index (χ2n) is 5.36. The number of hydrogen-bond donors (Lipinski definition) is 0. The van der Waals surface area contributed by atoms with Crippen LogP contribution in [0.1, 0.15) is 22.7 Å². The third kappa shape index (κ3) is 2.82. The first-order valence-corrected chi connectivity index (χ1v) is 7.72. The first-order chi connectivity index (χ1) is 11.1. The average Bonchev–Trinajstić information content (AvgIpc) is 2.60. The molecule has 3 rings (SSSR count). The zero-order valence-corrected chi connectivity index (χ0v) is 13.4. The summed E-state index contributed by atoms with van der Waals surface area (Å²) in [6, 6.07) is 14.9. The van der Waals surface area contributed by atoms with Gasteiger partial charge in [0.1, 0.15) is 0 Å². The Hall–Kier alpha value is -2.33. The Morgan fingerprint density at radius 2 is 1.74 bits per heavy atom. The molecule has 0 saturated carbocycles. The predicted octanol–water partition coefficient (Wildman–Crippen LogP) is 2.99. The van der Waals surface area contributed by atoms with Crippen LogP contribution in [0.3, 0.4) is 0 Å². The minimum absolute atomic E-state index is 0.389. The normalized spacial score (nSPS) is 16.6. The van der Waals surface area contributed by atoms with Gasteiger partial charge in [0.25, 0.3) is 0 Å². The van der Waals surface area contributed by atoms with Crippen molar-refractivity contribution < 1.29 is 14.3 Å². The number of methoxy groups -OCH3 is 1. The van der Waals surface area contributed by atoms with Crippen LogP contribution in [-0.4, -0.2) is 30.4 Å². The quantitative estimate of drug-likeness (QED) is 0.597. The summed E-state index contributed by atoms with van der Waals surface area (Å²) in [6.45, 7) is 0.445. The Kier molecular flexibility index (Phi) is 4.35. The van der Waals surface area contributed by atoms with Crippen LogP contribution < -0.4 is 0 Å². The summed E-state index contributed by atoms with van der Waals surface area (Å²) in [5.41, 5.74) is 2.95. The van der Waals surface area contributed by atoms with Crippen LogP contribution in [0.2, 0.25) is 5.02 Å². The van der Waals surface area contributed by atoms with Crippen LogP contribution in [0.5, 0.6) is 0 Å². The minimum atomic E-state index is -0.860. The van der Waals surface area contributed by atoms with Gasteiger partial charge in [-0.25, -0.2) is 4.79 Å². The van der Waals surface area contributed by atoms with E-state index in [1.165, 1.54) is 12.0 Å². The summed E-state index contributed by atoms with van der Waals surface area (Å²) in [5.74, 6) is -1.51. The molecule has 2 aromatic rings. The van der Waals surface area contributed by atoms with Gasteiger partial charge >= 0.3 is 11.9 Å². The second-order valence-corrected chi connectivity index (χ2v) is 5.77. The lowest BCUT2D eigenvalue weighted by atomic mass is 9.88. The van der Waals surface area contributed by atoms with E-state index in [-0.39, 0.29) is 6.04 Å². The maximum atomic E-state index is 12.4. The van der Waals surface area contributed by atoms with Crippen molar-refractivity contribution in [2.24, 2.45) is 0 Å². The number of amides is 1. The van der Waals surface area contributed by atoms with Gasteiger partial charge in [0.2, 0.25) is 0 Å². The number of nitrogens with zero attached hydrogens (tertiary/aromatic N) is 1. The van der Waals surface area contributed by atoms with Crippen molar-refractivity contribution >= 4 is 23.5 Å². The van der Waals surface area contributed by atoms with Crippen LogP contribution in [-0.2, 0) is 20.7 Å². The molecular weight excluding hydrogens is 314 g/mol. The molecule has 0 aliphatic carbocycles. The summed E-state index contributed by atoms with van der Waals surface area (Å²) in [5, 5.41) is 0.567. The molecule has 4 nitrogen and oxygen atoms in total. The number of carbonyl (C=O) groups excluding carboxylic acids is 2. The van der Waals surface area contributed by atoms with E-state index in [9.17, 15) is 9.59 Å². The molecule has 1 heterocycles. The highest BCUT2D eigenvalue weighted by atomic mass is 35.5. The van der Waals surface area contributed by atoms with Gasteiger partial charge in [0.15, 0.2) is 0 Å². The highest BCUT2D eigenvalue weighted by Crippen LogP contribution is 2.38. The number of halogens is 1. The summed E-state index contributed by atoms with van der Waals surface area (Å²) in [7, 11) is 1.21. The molecule has 0 N–H and O–H groups in total. The van der Waals surface area contributed by atoms with Crippen LogP contribution in [0.15, 0.2) is 48.5 Å². The number of fused-ring (bicyclic) bond motifs is 1. The molecule has 0 fully saturated rings. The van der Waals surface area contributed by atoms with Gasteiger partial charge in [-0.2, -0.15) is 0 Å². The van der Waals surface area contributed by atoms with Gasteiger partial charge < -0.3 is 9.64 Å². The van der Waals surface area contributed by atoms with E-state index in [1.807, 2.05) is 42.5 Å². The Morgan fingerprint density at radius 3 is 2.43 bits per heavy atom. The Balaban J connectivity index is 2.13. The molecule has 0 bridgehead atoms. The van der Waals surface area contributed by atoms with E-state index in [1.54, 1.807) is 6.07 Å². The van der Waals surface area contributed by atoms with Gasteiger partial charge in [-0.1, -0.05) is 54.1 Å². The summed E-state index contributed by atoms with van der Waals surface area (Å²) in [4.78, 5) is 25.7. The number of ether oxygens (including phenoxy) is 1. The number of hydrogen-bond acceptors (Lipinski definition) is 3. The van der Waals surface area contributed by atoms with Crippen molar-refractivity contribution in [1.29, 1.82) is 0 Å². The molecule has 0 saturated heterocycles. The Labute approximate surface area is 139 Å². The largest absolute Gasteiger partial charge is 0.462 e. The van der Waals surface area contributed by atoms with Crippen molar-refractivity contribution in [1.82, 2.24) is 4.90 Å². The van der Waals surface area contributed by atoms with Crippen molar-refractivity contribution in [2.45, 2.75) is 12.5 Å². The topological polar surface area (TPSA) is 46.6 Å². The molecular formula is C18H16ClNO3. The SMILES string of the molecule is COC(=O)C(=O)N1CCc2ccccc2C1c1ccccc1Cl. The zero-order chi connectivity index (χ0) is 16.4. The molecule has 1 aliphatic rings. The molecule has 23 heavy (non-hydrogen) atoms. The summed E-state index contributed by atoms with van der Waals surface area (Å²) in [6.07, 6.45) is 0.694. The molecule has 1 atom stereocenters. The lowest BCUT2D eigenvalue weighted by Crippen LogP contribution is -2.44. The Bertz CT molecular complexity index is 759. The monoisotopic (exact) mass is 329 g/mol. The second kappa shape index (κ2) is 6.42. The van der Waals surface area contributed by atoms with E-state index in [4.69, 9.17) is 11.6 Å². The summed E-state index contributed by atoms with van der Waals surface area (Å²) < 4.78 is 4.60. The first kappa shape index (κ1) is 15.6. The minimum Gasteiger partial charge on any atom is -0.462 e. The van der Waals surface area contributed by atoms with Crippen LogP contribution >= 0.6 is 11.6 Å². The molecule has 0 spiro atoms. The lowest BCUT2D eigenvalue weighted by molar-refractivity contribution is -0.159. The fraction of sp³-hybridized carbons (Fsp3) is 0.222. The third-order valence-electron chi connectivity index (χ3n) is 4.10. The molecule has 118 valence electrons. The van der Waals surface area contributed by atoms with Gasteiger partial charge in [0.05, 0.1) is 13.2 Å². The van der Waals surface area contributed by atoms with Crippen LogP contribution in [0, 0.1) is 0 Å². The van der Waals surface area contributed by atoms with Crippen molar-refractivity contribution in [2.75, 3.05) is 13.7 Å². The molecule has 5 heteroatoms. The molecule has 1 unspecified atom stereocenters. The third-order valence-corrected chi connectivity index (χ3v) is 4.45. The average molecular weight is 330 g/mol. The number of carbonyl (C=O) groups is 2. The smallest absolute Gasteiger partial charge is 0.396 e. The molecule has 1 aliphatic heterocycles. The van der Waals surface area contributed by atoms with Gasteiger partial charge in [-0.3, -0.25) is 4.79 Å². The predicted molar refractivity (Wildman–Crippen MR) is 87.2 cm³/mol. The highest BCUT2D eigenvalue weighted by molar-refractivity contribution is 6.33. The Morgan fingerprint density at radius 1 is 1.09 bits per heavy atom. The standard InChI is InChI=1S/C18H16ClNO3/c1-23-18(22)17(21)20-11-10-12-6-2-3-7-13(12)16(20)14-8-4-5-9-15(14)19/h2-9,16H,10-11H2,1H3. The van der Waals surface area contributed by atoms with E-state index >= 15 is 0 Å². The van der Waals surface area contributed by atoms with E-state index in [2.05, 4.69) is 4.74 Å². The van der Waals surface area contributed by atoms with E-state index < -0.39 is 11.9 Å². The van der Waals surface area contributed by atoms with Crippen molar-refractivity contribution in [3.63, 3.8) is 0 Å². The maximum absolute atomic E-state index is 12.4. The summed E-state index contributed by atoms with van der Waals surface area (Å²) >= 11 is 6.35. The van der Waals surface area contributed by atoms with E-state index in [0.29, 0.717) is 18.0 Å². The van der Waals surface area contributed by atoms with Crippen molar-refractivity contribution in [3.8, 4) is 0 Å². The maximum Gasteiger partial charge on any atom is 0.396 e. The molecule has 1 amide bonds.